The smallest absolute Gasteiger partial charge is 0.416 e. The molecular formula is C24H29F3N2O4. The number of benzene rings is 1. The van der Waals surface area contributed by atoms with Crippen molar-refractivity contribution in [3.8, 4) is 0 Å². The molecule has 0 saturated carbocycles. The van der Waals surface area contributed by atoms with E-state index < -0.39 is 23.2 Å². The van der Waals surface area contributed by atoms with Gasteiger partial charge in [-0.25, -0.2) is 0 Å². The molecule has 2 saturated heterocycles. The Morgan fingerprint density at radius 3 is 2.52 bits per heavy atom. The number of furan rings is 1. The Kier molecular flexibility index (Phi) is 6.72. The molecule has 0 unspecified atom stereocenters. The number of rotatable bonds is 5. The van der Waals surface area contributed by atoms with Crippen LogP contribution in [0.3, 0.4) is 0 Å². The topological polar surface area (TPSA) is 74.9 Å². The molecule has 0 radical (unpaired) electrons. The van der Waals surface area contributed by atoms with Gasteiger partial charge in [0.05, 0.1) is 22.5 Å². The number of carbonyl (C=O) groups excluding carboxylic acids is 1. The number of halogens is 3. The van der Waals surface area contributed by atoms with E-state index in [4.69, 9.17) is 9.15 Å². The van der Waals surface area contributed by atoms with E-state index in [0.29, 0.717) is 57.0 Å². The second-order valence-corrected chi connectivity index (χ2v) is 8.84. The fraction of sp³-hybridized carbons (Fsp3) is 0.542. The molecule has 0 aliphatic carbocycles. The minimum Gasteiger partial charge on any atom is -0.456 e. The molecule has 1 aromatic carbocycles. The van der Waals surface area contributed by atoms with E-state index in [2.05, 4.69) is 5.32 Å². The second kappa shape index (κ2) is 9.38. The van der Waals surface area contributed by atoms with Crippen molar-refractivity contribution in [3.05, 3.63) is 47.4 Å². The lowest BCUT2D eigenvalue weighted by atomic mass is 9.88. The number of hydrogen-bond acceptors (Lipinski definition) is 5. The van der Waals surface area contributed by atoms with E-state index in [-0.39, 0.29) is 17.4 Å². The van der Waals surface area contributed by atoms with Crippen molar-refractivity contribution >= 4 is 17.3 Å². The highest BCUT2D eigenvalue weighted by Gasteiger charge is 2.34. The third-order valence-electron chi connectivity index (χ3n) is 6.74. The van der Waals surface area contributed by atoms with Gasteiger partial charge in [0, 0.05) is 32.2 Å². The largest absolute Gasteiger partial charge is 0.456 e. The van der Waals surface area contributed by atoms with E-state index in [1.807, 2.05) is 11.8 Å². The van der Waals surface area contributed by atoms with Crippen LogP contribution in [0.4, 0.5) is 24.5 Å². The van der Waals surface area contributed by atoms with Gasteiger partial charge >= 0.3 is 6.18 Å². The number of nitrogens with one attached hydrogen (secondary N) is 1. The molecule has 2 aliphatic rings. The highest BCUT2D eigenvalue weighted by molar-refractivity contribution is 6.04. The molecule has 0 atom stereocenters. The van der Waals surface area contributed by atoms with E-state index >= 15 is 0 Å². The molecule has 2 fully saturated rings. The standard InChI is InChI=1S/C24H29F3N2O4/c1-2-23(31)9-11-29(12-10-23)19-4-3-17(24(25,26)27)15-18(19)28-22(30)21-6-5-20(33-21)16-7-13-32-14-8-16/h3-6,15-16,31H,2,7-14H2,1H3,(H,28,30). The van der Waals surface area contributed by atoms with Crippen molar-refractivity contribution in [1.29, 1.82) is 0 Å². The highest BCUT2D eigenvalue weighted by Crippen LogP contribution is 2.38. The lowest BCUT2D eigenvalue weighted by Crippen LogP contribution is -2.44. The Morgan fingerprint density at radius 2 is 1.88 bits per heavy atom. The molecule has 33 heavy (non-hydrogen) atoms. The van der Waals surface area contributed by atoms with Crippen LogP contribution in [0.15, 0.2) is 34.7 Å². The molecular weight excluding hydrogens is 437 g/mol. The van der Waals surface area contributed by atoms with Gasteiger partial charge in [0.15, 0.2) is 5.76 Å². The van der Waals surface area contributed by atoms with Crippen LogP contribution in [0, 0.1) is 0 Å². The van der Waals surface area contributed by atoms with Gasteiger partial charge in [0.1, 0.15) is 5.76 Å². The van der Waals surface area contributed by atoms with Crippen molar-refractivity contribution in [1.82, 2.24) is 0 Å². The summed E-state index contributed by atoms with van der Waals surface area (Å²) in [5, 5.41) is 13.1. The number of nitrogens with zero attached hydrogens (tertiary/aromatic N) is 1. The Labute approximate surface area is 190 Å². The number of aliphatic hydroxyl groups is 1. The molecule has 1 aromatic heterocycles. The first-order valence-electron chi connectivity index (χ1n) is 11.4. The molecule has 6 nitrogen and oxygen atoms in total. The van der Waals surface area contributed by atoms with Crippen LogP contribution in [-0.2, 0) is 10.9 Å². The van der Waals surface area contributed by atoms with Crippen molar-refractivity contribution in [2.24, 2.45) is 0 Å². The predicted octanol–water partition coefficient (Wildman–Crippen LogP) is 5.19. The molecule has 2 aliphatic heterocycles. The summed E-state index contributed by atoms with van der Waals surface area (Å²) in [6.07, 6.45) is -1.32. The highest BCUT2D eigenvalue weighted by atomic mass is 19.4. The normalized spacial score (nSPS) is 19.5. The summed E-state index contributed by atoms with van der Waals surface area (Å²) in [6, 6.07) is 6.64. The average Bonchev–Trinajstić information content (AvgIpc) is 3.30. The number of hydrogen-bond donors (Lipinski definition) is 2. The summed E-state index contributed by atoms with van der Waals surface area (Å²) in [4.78, 5) is 14.8. The fourth-order valence-electron chi connectivity index (χ4n) is 4.47. The van der Waals surface area contributed by atoms with Crippen LogP contribution in [0.1, 0.15) is 66.8 Å². The first-order chi connectivity index (χ1) is 15.7. The minimum absolute atomic E-state index is 0.0545. The van der Waals surface area contributed by atoms with Gasteiger partial charge in [-0.3, -0.25) is 4.79 Å². The van der Waals surface area contributed by atoms with Crippen LogP contribution in [0.25, 0.3) is 0 Å². The van der Waals surface area contributed by atoms with E-state index in [9.17, 15) is 23.1 Å². The number of carbonyl (C=O) groups is 1. The van der Waals surface area contributed by atoms with Crippen LogP contribution in [-0.4, -0.2) is 42.9 Å². The average molecular weight is 467 g/mol. The summed E-state index contributed by atoms with van der Waals surface area (Å²) in [7, 11) is 0. The van der Waals surface area contributed by atoms with Gasteiger partial charge < -0.3 is 24.5 Å². The monoisotopic (exact) mass is 466 g/mol. The number of alkyl halides is 3. The van der Waals surface area contributed by atoms with Gasteiger partial charge in [0.25, 0.3) is 5.91 Å². The Morgan fingerprint density at radius 1 is 1.18 bits per heavy atom. The number of piperidine rings is 1. The Balaban J connectivity index is 1.56. The van der Waals surface area contributed by atoms with E-state index in [0.717, 1.165) is 25.0 Å². The lowest BCUT2D eigenvalue weighted by Gasteiger charge is -2.39. The quantitative estimate of drug-likeness (QED) is 0.635. The molecule has 0 spiro atoms. The van der Waals surface area contributed by atoms with Crippen molar-refractivity contribution in [2.75, 3.05) is 36.5 Å². The summed E-state index contributed by atoms with van der Waals surface area (Å²) >= 11 is 0. The van der Waals surface area contributed by atoms with Crippen LogP contribution in [0.2, 0.25) is 0 Å². The van der Waals surface area contributed by atoms with Crippen LogP contribution >= 0.6 is 0 Å². The van der Waals surface area contributed by atoms with Crippen LogP contribution in [0.5, 0.6) is 0 Å². The van der Waals surface area contributed by atoms with Gasteiger partial charge in [-0.05, 0) is 62.4 Å². The number of amides is 1. The summed E-state index contributed by atoms with van der Waals surface area (Å²) < 4.78 is 51.2. The molecule has 3 heterocycles. The second-order valence-electron chi connectivity index (χ2n) is 8.84. The SMILES string of the molecule is CCC1(O)CCN(c2ccc(C(F)(F)F)cc2NC(=O)c2ccc(C3CCOCC3)o2)CC1. The van der Waals surface area contributed by atoms with E-state index in [1.54, 1.807) is 12.1 Å². The number of anilines is 2. The van der Waals surface area contributed by atoms with Crippen molar-refractivity contribution < 1.29 is 32.2 Å². The van der Waals surface area contributed by atoms with E-state index in [1.165, 1.54) is 6.07 Å². The fourth-order valence-corrected chi connectivity index (χ4v) is 4.47. The molecule has 2 N–H and O–H groups in total. The van der Waals surface area contributed by atoms with Gasteiger partial charge in [0.2, 0.25) is 0 Å². The molecule has 1 amide bonds. The zero-order valence-corrected chi connectivity index (χ0v) is 18.6. The maximum absolute atomic E-state index is 13.4. The first-order valence-corrected chi connectivity index (χ1v) is 11.4. The summed E-state index contributed by atoms with van der Waals surface area (Å²) in [6.45, 7) is 4.13. The maximum atomic E-state index is 13.4. The number of ether oxygens (including phenoxy) is 1. The predicted molar refractivity (Wildman–Crippen MR) is 118 cm³/mol. The first kappa shape index (κ1) is 23.6. The zero-order valence-electron chi connectivity index (χ0n) is 18.6. The van der Waals surface area contributed by atoms with Gasteiger partial charge in [-0.15, -0.1) is 0 Å². The molecule has 4 rings (SSSR count). The Hall–Kier alpha value is -2.52. The molecule has 0 bridgehead atoms. The molecule has 9 heteroatoms. The maximum Gasteiger partial charge on any atom is 0.416 e. The molecule has 2 aromatic rings. The third-order valence-corrected chi connectivity index (χ3v) is 6.74. The lowest BCUT2D eigenvalue weighted by molar-refractivity contribution is -0.137. The van der Waals surface area contributed by atoms with Crippen LogP contribution < -0.4 is 10.2 Å². The van der Waals surface area contributed by atoms with Crippen molar-refractivity contribution in [3.63, 3.8) is 0 Å². The van der Waals surface area contributed by atoms with Crippen molar-refractivity contribution in [2.45, 2.75) is 56.7 Å². The van der Waals surface area contributed by atoms with Gasteiger partial charge in [-0.1, -0.05) is 6.92 Å². The summed E-state index contributed by atoms with van der Waals surface area (Å²) in [5.41, 5.74) is -1.04. The minimum atomic E-state index is -4.54. The van der Waals surface area contributed by atoms with Gasteiger partial charge in [-0.2, -0.15) is 13.2 Å². The third kappa shape index (κ3) is 5.35. The summed E-state index contributed by atoms with van der Waals surface area (Å²) in [5.74, 6) is 0.299. The zero-order chi connectivity index (χ0) is 23.6. The Bertz CT molecular complexity index is 974. The molecule has 180 valence electrons.